The molecule has 1 aliphatic heterocycles. The number of hydrogen-bond acceptors (Lipinski definition) is 5. The summed E-state index contributed by atoms with van der Waals surface area (Å²) in [7, 11) is 0. The Morgan fingerprint density at radius 3 is 2.66 bits per heavy atom. The number of hydrogen-bond donors (Lipinski definition) is 1. The standard InChI is InChI=1S/C23H20N2O4/c1-14-12-16(23(24)27)2-4-18(14)22(15-6-9-25-10-7-15)29-17-3-5-19-20(26)8-11-28-21(19)13-17/h2-7,9-10,12-13,22H,8,11H2,1H3,(H2,24,27)/t22-/m0/s1. The number of nitrogens with zero attached hydrogens (tertiary/aromatic N) is 1. The molecule has 0 aliphatic carbocycles. The molecule has 2 aromatic carbocycles. The molecule has 0 fully saturated rings. The van der Waals surface area contributed by atoms with Gasteiger partial charge in [-0.05, 0) is 60.0 Å². The first-order valence-corrected chi connectivity index (χ1v) is 9.30. The van der Waals surface area contributed by atoms with Crippen LogP contribution in [0.3, 0.4) is 0 Å². The van der Waals surface area contributed by atoms with E-state index in [1.54, 1.807) is 42.7 Å². The molecule has 0 saturated carbocycles. The molecule has 3 aromatic rings. The topological polar surface area (TPSA) is 91.5 Å². The molecule has 2 heterocycles. The number of carbonyl (C=O) groups is 2. The fourth-order valence-electron chi connectivity index (χ4n) is 3.42. The van der Waals surface area contributed by atoms with E-state index in [0.717, 1.165) is 16.7 Å². The van der Waals surface area contributed by atoms with Crippen LogP contribution in [0.5, 0.6) is 11.5 Å². The third-order valence-electron chi connectivity index (χ3n) is 4.94. The number of aryl methyl sites for hydroxylation is 1. The maximum Gasteiger partial charge on any atom is 0.248 e. The minimum atomic E-state index is -0.475. The predicted molar refractivity (Wildman–Crippen MR) is 107 cm³/mol. The van der Waals surface area contributed by atoms with E-state index >= 15 is 0 Å². The van der Waals surface area contributed by atoms with Gasteiger partial charge in [-0.3, -0.25) is 14.6 Å². The summed E-state index contributed by atoms with van der Waals surface area (Å²) >= 11 is 0. The van der Waals surface area contributed by atoms with Crippen LogP contribution in [-0.4, -0.2) is 23.3 Å². The lowest BCUT2D eigenvalue weighted by atomic mass is 9.96. The van der Waals surface area contributed by atoms with E-state index in [1.165, 1.54) is 0 Å². The van der Waals surface area contributed by atoms with Gasteiger partial charge in [0.15, 0.2) is 5.78 Å². The fraction of sp³-hybridized carbons (Fsp3) is 0.174. The molecule has 1 aromatic heterocycles. The van der Waals surface area contributed by atoms with Crippen LogP contribution >= 0.6 is 0 Å². The van der Waals surface area contributed by atoms with Gasteiger partial charge in [0.25, 0.3) is 0 Å². The van der Waals surface area contributed by atoms with Gasteiger partial charge in [-0.2, -0.15) is 0 Å². The number of ether oxygens (including phenoxy) is 2. The van der Waals surface area contributed by atoms with Crippen molar-refractivity contribution in [2.24, 2.45) is 5.73 Å². The molecule has 1 aliphatic rings. The van der Waals surface area contributed by atoms with Crippen LogP contribution in [0, 0.1) is 6.92 Å². The molecule has 6 heteroatoms. The van der Waals surface area contributed by atoms with Gasteiger partial charge < -0.3 is 15.2 Å². The molecule has 0 bridgehead atoms. The Labute approximate surface area is 168 Å². The van der Waals surface area contributed by atoms with Gasteiger partial charge in [0.05, 0.1) is 12.2 Å². The third kappa shape index (κ3) is 3.82. The van der Waals surface area contributed by atoms with Crippen LogP contribution in [0.25, 0.3) is 0 Å². The van der Waals surface area contributed by atoms with Crippen molar-refractivity contribution in [3.05, 3.63) is 88.7 Å². The van der Waals surface area contributed by atoms with E-state index in [2.05, 4.69) is 4.98 Å². The Bertz CT molecular complexity index is 1080. The second-order valence-corrected chi connectivity index (χ2v) is 6.89. The zero-order chi connectivity index (χ0) is 20.4. The van der Waals surface area contributed by atoms with Crippen LogP contribution in [0.2, 0.25) is 0 Å². The van der Waals surface area contributed by atoms with E-state index < -0.39 is 12.0 Å². The highest BCUT2D eigenvalue weighted by Crippen LogP contribution is 2.34. The zero-order valence-electron chi connectivity index (χ0n) is 15.9. The van der Waals surface area contributed by atoms with Gasteiger partial charge in [0.2, 0.25) is 5.91 Å². The Hall–Kier alpha value is -3.67. The molecular formula is C23H20N2O4. The van der Waals surface area contributed by atoms with E-state index in [4.69, 9.17) is 15.2 Å². The summed E-state index contributed by atoms with van der Waals surface area (Å²) in [6.45, 7) is 2.28. The SMILES string of the molecule is Cc1cc(C(N)=O)ccc1[C@@H](Oc1ccc2c(c1)OCCC2=O)c1ccncc1. The molecule has 0 unspecified atom stereocenters. The predicted octanol–water partition coefficient (Wildman–Crippen LogP) is 3.62. The Morgan fingerprint density at radius 2 is 1.93 bits per heavy atom. The molecule has 0 saturated heterocycles. The zero-order valence-corrected chi connectivity index (χ0v) is 15.9. The van der Waals surface area contributed by atoms with Gasteiger partial charge in [-0.25, -0.2) is 0 Å². The number of nitrogens with two attached hydrogens (primary N) is 1. The molecule has 146 valence electrons. The lowest BCUT2D eigenvalue weighted by molar-refractivity contribution is 0.0932. The molecular weight excluding hydrogens is 368 g/mol. The van der Waals surface area contributed by atoms with Crippen molar-refractivity contribution in [3.8, 4) is 11.5 Å². The summed E-state index contributed by atoms with van der Waals surface area (Å²) < 4.78 is 12.0. The van der Waals surface area contributed by atoms with Crippen LogP contribution in [-0.2, 0) is 0 Å². The summed E-state index contributed by atoms with van der Waals surface area (Å²) in [5.74, 6) is 0.713. The minimum Gasteiger partial charge on any atom is -0.492 e. The monoisotopic (exact) mass is 388 g/mol. The summed E-state index contributed by atoms with van der Waals surface area (Å²) in [5.41, 5.74) is 9.11. The van der Waals surface area contributed by atoms with Crippen LogP contribution in [0.15, 0.2) is 60.9 Å². The molecule has 1 amide bonds. The number of aromatic nitrogens is 1. The van der Waals surface area contributed by atoms with Gasteiger partial charge in [-0.15, -0.1) is 0 Å². The molecule has 1 atom stereocenters. The van der Waals surface area contributed by atoms with Crippen molar-refractivity contribution < 1.29 is 19.1 Å². The summed E-state index contributed by atoms with van der Waals surface area (Å²) in [6.07, 6.45) is 3.36. The van der Waals surface area contributed by atoms with Crippen molar-refractivity contribution in [1.29, 1.82) is 0 Å². The number of ketones is 1. The molecule has 0 radical (unpaired) electrons. The van der Waals surface area contributed by atoms with Gasteiger partial charge in [0.1, 0.15) is 17.6 Å². The highest BCUT2D eigenvalue weighted by Gasteiger charge is 2.22. The van der Waals surface area contributed by atoms with Gasteiger partial charge in [0, 0.05) is 30.4 Å². The number of fused-ring (bicyclic) bond motifs is 1. The third-order valence-corrected chi connectivity index (χ3v) is 4.94. The maximum absolute atomic E-state index is 12.0. The van der Waals surface area contributed by atoms with Crippen molar-refractivity contribution >= 4 is 11.7 Å². The fourth-order valence-corrected chi connectivity index (χ4v) is 3.42. The number of carbonyl (C=O) groups excluding carboxylic acids is 2. The lowest BCUT2D eigenvalue weighted by Crippen LogP contribution is -2.16. The first-order valence-electron chi connectivity index (χ1n) is 9.30. The first-order chi connectivity index (χ1) is 14.0. The summed E-state index contributed by atoms with van der Waals surface area (Å²) in [6, 6.07) is 14.3. The van der Waals surface area contributed by atoms with Gasteiger partial charge >= 0.3 is 0 Å². The van der Waals surface area contributed by atoms with Crippen LogP contribution in [0.4, 0.5) is 0 Å². The quantitative estimate of drug-likeness (QED) is 0.721. The summed E-state index contributed by atoms with van der Waals surface area (Å²) in [5, 5.41) is 0. The Balaban J connectivity index is 1.73. The smallest absolute Gasteiger partial charge is 0.248 e. The Kier molecular flexibility index (Phi) is 4.99. The normalized spacial score (nSPS) is 13.9. The lowest BCUT2D eigenvalue weighted by Gasteiger charge is -2.23. The summed E-state index contributed by atoms with van der Waals surface area (Å²) in [4.78, 5) is 27.6. The average Bonchev–Trinajstić information content (AvgIpc) is 2.73. The van der Waals surface area contributed by atoms with Crippen molar-refractivity contribution in [2.75, 3.05) is 6.61 Å². The molecule has 29 heavy (non-hydrogen) atoms. The molecule has 2 N–H and O–H groups in total. The molecule has 0 spiro atoms. The first kappa shape index (κ1) is 18.7. The van der Waals surface area contributed by atoms with Crippen molar-refractivity contribution in [3.63, 3.8) is 0 Å². The number of amides is 1. The number of rotatable bonds is 5. The largest absolute Gasteiger partial charge is 0.492 e. The number of primary amides is 1. The molecule has 4 rings (SSSR count). The van der Waals surface area contributed by atoms with E-state index in [-0.39, 0.29) is 5.78 Å². The average molecular weight is 388 g/mol. The number of benzene rings is 2. The van der Waals surface area contributed by atoms with E-state index in [9.17, 15) is 9.59 Å². The minimum absolute atomic E-state index is 0.0707. The van der Waals surface area contributed by atoms with Crippen molar-refractivity contribution in [2.45, 2.75) is 19.4 Å². The Morgan fingerprint density at radius 1 is 1.14 bits per heavy atom. The van der Waals surface area contributed by atoms with Crippen LogP contribution < -0.4 is 15.2 Å². The van der Waals surface area contributed by atoms with Gasteiger partial charge in [-0.1, -0.05) is 6.07 Å². The van der Waals surface area contributed by atoms with Crippen LogP contribution in [0.1, 0.15) is 49.9 Å². The number of Topliss-reactive ketones (excluding diaryl/α,β-unsaturated/α-hetero) is 1. The second-order valence-electron chi connectivity index (χ2n) is 6.89. The van der Waals surface area contributed by atoms with E-state index in [0.29, 0.717) is 35.7 Å². The van der Waals surface area contributed by atoms with E-state index in [1.807, 2.05) is 25.1 Å². The highest BCUT2D eigenvalue weighted by molar-refractivity contribution is 5.99. The maximum atomic E-state index is 12.0. The molecule has 6 nitrogen and oxygen atoms in total. The second kappa shape index (κ2) is 7.75. The highest BCUT2D eigenvalue weighted by atomic mass is 16.5. The number of pyridine rings is 1. The van der Waals surface area contributed by atoms with Crippen molar-refractivity contribution in [1.82, 2.24) is 4.98 Å².